The van der Waals surface area contributed by atoms with Crippen LogP contribution in [-0.2, 0) is 14.1 Å². The molecule has 27 heavy (non-hydrogen) atoms. The van der Waals surface area contributed by atoms with Crippen LogP contribution in [0.4, 0.5) is 0 Å². The first-order chi connectivity index (χ1) is 13.2. The SMILES string of the molecule is C[n+]1ccc(-c2cc[n+](C)cc2)cc1.c1ccc(Oc2ccccc2)cc1. The Labute approximate surface area is 160 Å². The predicted molar refractivity (Wildman–Crippen MR) is 107 cm³/mol. The van der Waals surface area contributed by atoms with E-state index >= 15 is 0 Å². The Kier molecular flexibility index (Phi) is 6.31. The summed E-state index contributed by atoms with van der Waals surface area (Å²) < 4.78 is 9.65. The average Bonchev–Trinajstić information content (AvgIpc) is 2.71. The van der Waals surface area contributed by atoms with Crippen LogP contribution < -0.4 is 13.9 Å². The zero-order valence-electron chi connectivity index (χ0n) is 15.7. The number of hydrogen-bond donors (Lipinski definition) is 0. The highest BCUT2D eigenvalue weighted by Crippen LogP contribution is 2.19. The molecular formula is C24H24N2O+2. The normalized spacial score (nSPS) is 9.85. The van der Waals surface area contributed by atoms with Crippen LogP contribution >= 0.6 is 0 Å². The number of para-hydroxylation sites is 2. The van der Waals surface area contributed by atoms with Crippen LogP contribution in [-0.4, -0.2) is 0 Å². The average molecular weight is 356 g/mol. The van der Waals surface area contributed by atoms with Gasteiger partial charge in [-0.2, -0.15) is 0 Å². The van der Waals surface area contributed by atoms with E-state index in [4.69, 9.17) is 4.74 Å². The lowest BCUT2D eigenvalue weighted by Crippen LogP contribution is -2.26. The van der Waals surface area contributed by atoms with E-state index in [-0.39, 0.29) is 0 Å². The molecule has 0 saturated heterocycles. The van der Waals surface area contributed by atoms with Gasteiger partial charge in [0.1, 0.15) is 25.6 Å². The molecule has 3 heteroatoms. The van der Waals surface area contributed by atoms with Gasteiger partial charge < -0.3 is 4.74 Å². The van der Waals surface area contributed by atoms with Gasteiger partial charge in [0.15, 0.2) is 24.8 Å². The van der Waals surface area contributed by atoms with Crippen molar-refractivity contribution in [1.82, 2.24) is 0 Å². The highest BCUT2D eigenvalue weighted by atomic mass is 16.5. The number of pyridine rings is 2. The summed E-state index contributed by atoms with van der Waals surface area (Å²) in [4.78, 5) is 0. The second-order valence-electron chi connectivity index (χ2n) is 6.23. The topological polar surface area (TPSA) is 17.0 Å². The predicted octanol–water partition coefficient (Wildman–Crippen LogP) is 4.48. The smallest absolute Gasteiger partial charge is 0.169 e. The molecule has 0 aliphatic heterocycles. The molecule has 0 N–H and O–H groups in total. The zero-order chi connectivity index (χ0) is 18.9. The van der Waals surface area contributed by atoms with E-state index in [0.717, 1.165) is 11.5 Å². The van der Waals surface area contributed by atoms with Crippen LogP contribution in [0.5, 0.6) is 11.5 Å². The third kappa shape index (κ3) is 5.79. The number of rotatable bonds is 3. The van der Waals surface area contributed by atoms with E-state index < -0.39 is 0 Å². The molecule has 0 fully saturated rings. The minimum absolute atomic E-state index is 0.869. The molecule has 134 valence electrons. The van der Waals surface area contributed by atoms with Crippen LogP contribution in [0.15, 0.2) is 110 Å². The van der Waals surface area contributed by atoms with Crippen LogP contribution in [0.1, 0.15) is 0 Å². The Hall–Kier alpha value is -3.46. The van der Waals surface area contributed by atoms with Crippen LogP contribution in [0.25, 0.3) is 11.1 Å². The fraction of sp³-hybridized carbons (Fsp3) is 0.0833. The maximum absolute atomic E-state index is 5.58. The van der Waals surface area contributed by atoms with Crippen molar-refractivity contribution in [2.24, 2.45) is 14.1 Å². The molecular weight excluding hydrogens is 332 g/mol. The molecule has 0 unspecified atom stereocenters. The second-order valence-corrected chi connectivity index (χ2v) is 6.23. The summed E-state index contributed by atoms with van der Waals surface area (Å²) in [5.41, 5.74) is 2.51. The van der Waals surface area contributed by atoms with Gasteiger partial charge in [-0.1, -0.05) is 36.4 Å². The van der Waals surface area contributed by atoms with Gasteiger partial charge in [-0.05, 0) is 35.4 Å². The molecule has 4 aromatic rings. The molecule has 0 aliphatic rings. The third-order valence-electron chi connectivity index (χ3n) is 4.01. The summed E-state index contributed by atoms with van der Waals surface area (Å²) in [7, 11) is 4.05. The molecule has 0 radical (unpaired) electrons. The number of hydrogen-bond acceptors (Lipinski definition) is 1. The molecule has 0 bridgehead atoms. The lowest BCUT2D eigenvalue weighted by molar-refractivity contribution is -0.671. The Morgan fingerprint density at radius 3 is 1.15 bits per heavy atom. The molecule has 4 rings (SSSR count). The van der Waals surface area contributed by atoms with Crippen LogP contribution in [0.3, 0.4) is 0 Å². The highest BCUT2D eigenvalue weighted by Gasteiger charge is 2.00. The molecule has 2 aromatic heterocycles. The minimum atomic E-state index is 0.869. The summed E-state index contributed by atoms with van der Waals surface area (Å²) in [6.45, 7) is 0. The molecule has 0 atom stereocenters. The first kappa shape index (κ1) is 18.3. The van der Waals surface area contributed by atoms with Crippen molar-refractivity contribution in [1.29, 1.82) is 0 Å². The van der Waals surface area contributed by atoms with Crippen molar-refractivity contribution < 1.29 is 13.9 Å². The highest BCUT2D eigenvalue weighted by molar-refractivity contribution is 5.60. The van der Waals surface area contributed by atoms with Gasteiger partial charge in [0.2, 0.25) is 0 Å². The summed E-state index contributed by atoms with van der Waals surface area (Å²) in [6, 6.07) is 28.0. The van der Waals surface area contributed by atoms with Crippen molar-refractivity contribution >= 4 is 0 Å². The maximum Gasteiger partial charge on any atom is 0.169 e. The summed E-state index contributed by atoms with van der Waals surface area (Å²) in [5.74, 6) is 1.74. The number of nitrogens with zero attached hydrogens (tertiary/aromatic N) is 2. The monoisotopic (exact) mass is 356 g/mol. The zero-order valence-corrected chi connectivity index (χ0v) is 15.7. The van der Waals surface area contributed by atoms with E-state index in [2.05, 4.69) is 49.1 Å². The molecule has 2 heterocycles. The van der Waals surface area contributed by atoms with Crippen molar-refractivity contribution in [2.75, 3.05) is 0 Å². The fourth-order valence-corrected chi connectivity index (χ4v) is 2.50. The van der Waals surface area contributed by atoms with Gasteiger partial charge in [-0.15, -0.1) is 0 Å². The van der Waals surface area contributed by atoms with Crippen molar-refractivity contribution in [3.8, 4) is 22.6 Å². The number of aromatic nitrogens is 2. The first-order valence-electron chi connectivity index (χ1n) is 8.89. The second kappa shape index (κ2) is 9.30. The van der Waals surface area contributed by atoms with Gasteiger partial charge in [0.25, 0.3) is 0 Å². The van der Waals surface area contributed by atoms with Gasteiger partial charge >= 0.3 is 0 Å². The Morgan fingerprint density at radius 2 is 0.815 bits per heavy atom. The van der Waals surface area contributed by atoms with Gasteiger partial charge in [0.05, 0.1) is 0 Å². The van der Waals surface area contributed by atoms with E-state index in [1.165, 1.54) is 11.1 Å². The number of aryl methyl sites for hydroxylation is 2. The van der Waals surface area contributed by atoms with Crippen molar-refractivity contribution in [3.63, 3.8) is 0 Å². The molecule has 2 aromatic carbocycles. The lowest BCUT2D eigenvalue weighted by Gasteiger charge is -2.03. The van der Waals surface area contributed by atoms with Crippen LogP contribution in [0.2, 0.25) is 0 Å². The fourth-order valence-electron chi connectivity index (χ4n) is 2.50. The van der Waals surface area contributed by atoms with Gasteiger partial charge in [0, 0.05) is 24.3 Å². The summed E-state index contributed by atoms with van der Waals surface area (Å²) in [5, 5.41) is 0. The van der Waals surface area contributed by atoms with Gasteiger partial charge in [-0.25, -0.2) is 9.13 Å². The molecule has 3 nitrogen and oxygen atoms in total. The molecule has 0 spiro atoms. The third-order valence-corrected chi connectivity index (χ3v) is 4.01. The number of ether oxygens (including phenoxy) is 1. The van der Waals surface area contributed by atoms with Crippen LogP contribution in [0, 0.1) is 0 Å². The van der Waals surface area contributed by atoms with E-state index in [1.807, 2.05) is 83.9 Å². The molecule has 0 saturated carbocycles. The quantitative estimate of drug-likeness (QED) is 0.495. The Bertz CT molecular complexity index is 854. The molecule has 0 amide bonds. The largest absolute Gasteiger partial charge is 0.457 e. The minimum Gasteiger partial charge on any atom is -0.457 e. The number of benzene rings is 2. The van der Waals surface area contributed by atoms with E-state index in [9.17, 15) is 0 Å². The summed E-state index contributed by atoms with van der Waals surface area (Å²) in [6.07, 6.45) is 8.23. The van der Waals surface area contributed by atoms with E-state index in [1.54, 1.807) is 0 Å². The first-order valence-corrected chi connectivity index (χ1v) is 8.89. The standard InChI is InChI=1S/C12H14N2.C12H10O/c1-13-7-3-11(4-8-13)12-5-9-14(2)10-6-12;1-3-7-11(8-4-1)13-12-9-5-2-6-10-12/h3-10H,1-2H3;1-10H/q+2;. The molecule has 0 aliphatic carbocycles. The van der Waals surface area contributed by atoms with Gasteiger partial charge in [-0.3, -0.25) is 0 Å². The van der Waals surface area contributed by atoms with E-state index in [0.29, 0.717) is 0 Å². The lowest BCUT2D eigenvalue weighted by atomic mass is 10.1. The van der Waals surface area contributed by atoms with Crippen molar-refractivity contribution in [3.05, 3.63) is 110 Å². The Balaban J connectivity index is 0.000000156. The summed E-state index contributed by atoms with van der Waals surface area (Å²) >= 11 is 0. The Morgan fingerprint density at radius 1 is 0.481 bits per heavy atom. The maximum atomic E-state index is 5.58. The van der Waals surface area contributed by atoms with Crippen molar-refractivity contribution in [2.45, 2.75) is 0 Å².